The van der Waals surface area contributed by atoms with Crippen LogP contribution in [0.3, 0.4) is 0 Å². The van der Waals surface area contributed by atoms with Gasteiger partial charge in [-0.05, 0) is 50.1 Å². The van der Waals surface area contributed by atoms with Crippen molar-refractivity contribution in [2.45, 2.75) is 44.9 Å². The molecule has 128 valence electrons. The van der Waals surface area contributed by atoms with E-state index in [1.807, 2.05) is 17.7 Å². The molecule has 2 aromatic rings. The summed E-state index contributed by atoms with van der Waals surface area (Å²) in [5.41, 5.74) is 3.95. The van der Waals surface area contributed by atoms with Gasteiger partial charge in [0.1, 0.15) is 5.84 Å². The van der Waals surface area contributed by atoms with Gasteiger partial charge in [-0.15, -0.1) is 0 Å². The monoisotopic (exact) mass is 345 g/mol. The molecule has 0 amide bonds. The first-order valence-corrected chi connectivity index (χ1v) is 8.68. The number of nitrogens with zero attached hydrogens (tertiary/aromatic N) is 2. The van der Waals surface area contributed by atoms with E-state index in [4.69, 9.17) is 16.8 Å². The van der Waals surface area contributed by atoms with E-state index < -0.39 is 0 Å². The Morgan fingerprint density at radius 2 is 1.96 bits per heavy atom. The lowest BCUT2D eigenvalue weighted by Crippen LogP contribution is -2.13. The van der Waals surface area contributed by atoms with Gasteiger partial charge >= 0.3 is 0 Å². The van der Waals surface area contributed by atoms with Gasteiger partial charge in [0.05, 0.1) is 5.69 Å². The number of hydrogen-bond acceptors (Lipinski definition) is 3. The van der Waals surface area contributed by atoms with Crippen molar-refractivity contribution < 1.29 is 5.21 Å². The van der Waals surface area contributed by atoms with Gasteiger partial charge < -0.3 is 0 Å². The molecule has 1 aliphatic rings. The minimum Gasteiger partial charge on any atom is -0.290 e. The van der Waals surface area contributed by atoms with Crippen molar-refractivity contribution in [1.29, 1.82) is 0 Å². The summed E-state index contributed by atoms with van der Waals surface area (Å²) in [5.74, 6) is 1.18. The van der Waals surface area contributed by atoms with Gasteiger partial charge in [-0.2, -0.15) is 0 Å². The number of pyridine rings is 1. The fraction of sp³-hybridized carbons (Fsp3) is 0.368. The van der Waals surface area contributed by atoms with Crippen LogP contribution in [-0.4, -0.2) is 16.0 Å². The lowest BCUT2D eigenvalue weighted by molar-refractivity contribution is 0.234. The molecular weight excluding hydrogens is 322 g/mol. The quantitative estimate of drug-likeness (QED) is 0.429. The summed E-state index contributed by atoms with van der Waals surface area (Å²) in [6.45, 7) is 1.65. The van der Waals surface area contributed by atoms with Crippen LogP contribution in [0.25, 0.3) is 0 Å². The molecule has 0 aliphatic heterocycles. The second-order valence-electron chi connectivity index (χ2n) is 5.88. The molecule has 0 atom stereocenters. The highest BCUT2D eigenvalue weighted by Crippen LogP contribution is 2.30. The zero-order valence-electron chi connectivity index (χ0n) is 14.0. The molecule has 0 radical (unpaired) electrons. The molecule has 0 saturated heterocycles. The molecule has 1 aromatic heterocycles. The summed E-state index contributed by atoms with van der Waals surface area (Å²) < 4.78 is 0. The lowest BCUT2D eigenvalue weighted by atomic mass is 9.87. The Morgan fingerprint density at radius 1 is 1.17 bits per heavy atom. The highest BCUT2D eigenvalue weighted by Gasteiger charge is 2.15. The first-order valence-electron chi connectivity index (χ1n) is 8.31. The molecule has 1 aliphatic carbocycles. The van der Waals surface area contributed by atoms with E-state index in [0.717, 1.165) is 5.92 Å². The first kappa shape index (κ1) is 18.4. The number of aliphatic imine (C=N–C) groups is 1. The molecule has 1 heterocycles. The van der Waals surface area contributed by atoms with Crippen LogP contribution in [0.1, 0.15) is 50.6 Å². The number of hydrogen-bond donors (Lipinski definition) is 2. The molecule has 0 bridgehead atoms. The average Bonchev–Trinajstić information content (AvgIpc) is 2.64. The third-order valence-electron chi connectivity index (χ3n) is 3.98. The Morgan fingerprint density at radius 3 is 2.58 bits per heavy atom. The predicted octanol–water partition coefficient (Wildman–Crippen LogP) is 5.50. The van der Waals surface area contributed by atoms with Crippen molar-refractivity contribution in [3.05, 3.63) is 59.4 Å². The van der Waals surface area contributed by atoms with Gasteiger partial charge in [-0.1, -0.05) is 43.0 Å². The van der Waals surface area contributed by atoms with Gasteiger partial charge in [-0.25, -0.2) is 4.99 Å². The summed E-state index contributed by atoms with van der Waals surface area (Å²) in [6.07, 6.45) is 8.80. The molecule has 1 saturated carbocycles. The number of amidine groups is 1. The van der Waals surface area contributed by atoms with Crippen molar-refractivity contribution in [2.75, 3.05) is 0 Å². The summed E-state index contributed by atoms with van der Waals surface area (Å²) in [5, 5.41) is 9.08. The molecule has 2 N–H and O–H groups in total. The minimum atomic E-state index is 0.428. The van der Waals surface area contributed by atoms with E-state index in [1.165, 1.54) is 37.8 Å². The number of nitrogens with one attached hydrogen (secondary N) is 1. The van der Waals surface area contributed by atoms with E-state index in [2.05, 4.69) is 22.1 Å². The molecule has 1 aromatic carbocycles. The molecule has 1 fully saturated rings. The van der Waals surface area contributed by atoms with E-state index in [9.17, 15) is 0 Å². The fourth-order valence-corrected chi connectivity index (χ4v) is 2.96. The molecule has 5 heteroatoms. The zero-order chi connectivity index (χ0) is 17.2. The molecule has 0 unspecified atom stereocenters. The number of hydroxylamine groups is 1. The third kappa shape index (κ3) is 6.30. The van der Waals surface area contributed by atoms with Crippen LogP contribution in [0.2, 0.25) is 5.02 Å². The third-order valence-corrected chi connectivity index (χ3v) is 4.21. The fourth-order valence-electron chi connectivity index (χ4n) is 2.78. The largest absolute Gasteiger partial charge is 0.290 e. The normalized spacial score (nSPS) is 15.4. The van der Waals surface area contributed by atoms with E-state index in [1.54, 1.807) is 31.2 Å². The van der Waals surface area contributed by atoms with Crippen molar-refractivity contribution in [1.82, 2.24) is 10.5 Å². The van der Waals surface area contributed by atoms with Crippen LogP contribution in [-0.2, 0) is 0 Å². The standard InChI is InChI=1S/C11H15N.C8H9ClN2O/c1-2-6-10(7-3-1)11-8-4-5-9-12-11;1-6(11-12)10-8-4-2-3-7(9)5-8/h4-5,8-10H,1-3,6-7H2;2-5,12H,1H3,(H,10,11). The highest BCUT2D eigenvalue weighted by molar-refractivity contribution is 6.30. The molecule has 0 spiro atoms. The summed E-state index contributed by atoms with van der Waals surface area (Å²) in [6, 6.07) is 13.3. The molecule has 4 nitrogen and oxygen atoms in total. The van der Waals surface area contributed by atoms with Gasteiger partial charge in [0.25, 0.3) is 0 Å². The Bertz CT molecular complexity index is 640. The Labute approximate surface area is 148 Å². The van der Waals surface area contributed by atoms with E-state index in [-0.39, 0.29) is 0 Å². The predicted molar refractivity (Wildman–Crippen MR) is 99.2 cm³/mol. The Hall–Kier alpha value is -1.91. The first-order chi connectivity index (χ1) is 11.7. The van der Waals surface area contributed by atoms with Gasteiger partial charge in [-0.3, -0.25) is 15.7 Å². The van der Waals surface area contributed by atoms with Gasteiger partial charge in [0, 0.05) is 22.8 Å². The molecule has 3 rings (SSSR count). The number of aromatic nitrogens is 1. The van der Waals surface area contributed by atoms with Crippen molar-refractivity contribution in [3.63, 3.8) is 0 Å². The van der Waals surface area contributed by atoms with Crippen LogP contribution in [0.15, 0.2) is 53.7 Å². The van der Waals surface area contributed by atoms with Crippen LogP contribution < -0.4 is 5.48 Å². The maximum Gasteiger partial charge on any atom is 0.123 e. The van der Waals surface area contributed by atoms with Gasteiger partial charge in [0.2, 0.25) is 0 Å². The lowest BCUT2D eigenvalue weighted by Gasteiger charge is -2.20. The summed E-state index contributed by atoms with van der Waals surface area (Å²) >= 11 is 5.72. The Kier molecular flexibility index (Phi) is 7.72. The highest BCUT2D eigenvalue weighted by atomic mass is 35.5. The zero-order valence-corrected chi connectivity index (χ0v) is 14.7. The molecule has 24 heavy (non-hydrogen) atoms. The molecular formula is C19H24ClN3O. The van der Waals surface area contributed by atoms with Crippen molar-refractivity contribution in [2.24, 2.45) is 4.99 Å². The summed E-state index contributed by atoms with van der Waals surface area (Å²) in [7, 11) is 0. The second kappa shape index (κ2) is 10.1. The maximum absolute atomic E-state index is 8.45. The number of benzene rings is 1. The summed E-state index contributed by atoms with van der Waals surface area (Å²) in [4.78, 5) is 8.41. The maximum atomic E-state index is 8.45. The van der Waals surface area contributed by atoms with Crippen LogP contribution in [0, 0.1) is 0 Å². The van der Waals surface area contributed by atoms with E-state index >= 15 is 0 Å². The minimum absolute atomic E-state index is 0.428. The van der Waals surface area contributed by atoms with E-state index in [0.29, 0.717) is 16.5 Å². The second-order valence-corrected chi connectivity index (χ2v) is 6.31. The van der Waals surface area contributed by atoms with Crippen molar-refractivity contribution in [3.8, 4) is 0 Å². The van der Waals surface area contributed by atoms with Gasteiger partial charge in [0.15, 0.2) is 0 Å². The SMILES string of the molecule is CC(=Nc1cccc(Cl)c1)NO.c1ccc(C2CCCCC2)nc1. The smallest absolute Gasteiger partial charge is 0.123 e. The van der Waals surface area contributed by atoms with Crippen LogP contribution >= 0.6 is 11.6 Å². The van der Waals surface area contributed by atoms with Crippen LogP contribution in [0.4, 0.5) is 5.69 Å². The number of halogens is 1. The van der Waals surface area contributed by atoms with Crippen molar-refractivity contribution >= 4 is 23.1 Å². The topological polar surface area (TPSA) is 57.5 Å². The van der Waals surface area contributed by atoms with Crippen LogP contribution in [0.5, 0.6) is 0 Å². The number of rotatable bonds is 2. The average molecular weight is 346 g/mol. The Balaban J connectivity index is 0.000000174.